The molecule has 1 aromatic heterocycles. The molecule has 0 unspecified atom stereocenters. The number of ether oxygens (including phenoxy) is 2. The number of hydrogen-bond acceptors (Lipinski definition) is 4. The van der Waals surface area contributed by atoms with Crippen LogP contribution in [0, 0.1) is 6.92 Å². The van der Waals surface area contributed by atoms with Crippen molar-refractivity contribution in [2.75, 3.05) is 13.1 Å². The number of benzene rings is 2. The third-order valence-corrected chi connectivity index (χ3v) is 6.32. The van der Waals surface area contributed by atoms with E-state index in [2.05, 4.69) is 47.4 Å². The first kappa shape index (κ1) is 19.1. The number of amides is 1. The van der Waals surface area contributed by atoms with E-state index in [1.54, 1.807) is 0 Å². The predicted molar refractivity (Wildman–Crippen MR) is 116 cm³/mol. The number of carbonyl (C=O) groups is 1. The van der Waals surface area contributed by atoms with Crippen LogP contribution in [0.5, 0.6) is 5.75 Å². The standard InChI is InChI=1S/C25H26N2O3/c1-3-24(28)27-12-9-25(10-13-27)29-16-21-15-19(5-7-23(21)30-25)18-4-6-22-17(2)26-11-8-20(22)14-18/h4-8,11,14-15H,3,9-10,12-13,16H2,1-2H3. The molecule has 0 N–H and O–H groups in total. The van der Waals surface area contributed by atoms with Gasteiger partial charge in [0.05, 0.1) is 6.61 Å². The fraction of sp³-hybridized carbons (Fsp3) is 0.360. The lowest BCUT2D eigenvalue weighted by Crippen LogP contribution is -2.52. The van der Waals surface area contributed by atoms with Gasteiger partial charge in [0.15, 0.2) is 0 Å². The summed E-state index contributed by atoms with van der Waals surface area (Å²) in [5.74, 6) is 0.486. The fourth-order valence-electron chi connectivity index (χ4n) is 4.49. The Kier molecular flexibility index (Phi) is 4.70. The van der Waals surface area contributed by atoms with Gasteiger partial charge < -0.3 is 14.4 Å². The molecule has 2 aliphatic heterocycles. The first-order valence-electron chi connectivity index (χ1n) is 10.7. The average molecular weight is 402 g/mol. The number of likely N-dealkylation sites (tertiary alicyclic amines) is 1. The summed E-state index contributed by atoms with van der Waals surface area (Å²) in [6, 6.07) is 14.9. The molecule has 5 heteroatoms. The molecule has 1 fully saturated rings. The lowest BCUT2D eigenvalue weighted by Gasteiger charge is -2.44. The number of nitrogens with zero attached hydrogens (tertiary/aromatic N) is 2. The van der Waals surface area contributed by atoms with Crippen LogP contribution in [0.3, 0.4) is 0 Å². The van der Waals surface area contributed by atoms with Crippen molar-refractivity contribution in [3.8, 4) is 16.9 Å². The van der Waals surface area contributed by atoms with Crippen molar-refractivity contribution >= 4 is 16.7 Å². The second-order valence-electron chi connectivity index (χ2n) is 8.19. The molecule has 1 saturated heterocycles. The molecule has 0 aliphatic carbocycles. The highest BCUT2D eigenvalue weighted by atomic mass is 16.7. The van der Waals surface area contributed by atoms with Gasteiger partial charge in [-0.05, 0) is 47.7 Å². The summed E-state index contributed by atoms with van der Waals surface area (Å²) in [5, 5.41) is 2.37. The largest absolute Gasteiger partial charge is 0.462 e. The molecule has 2 aliphatic rings. The maximum atomic E-state index is 11.9. The Morgan fingerprint density at radius 3 is 2.67 bits per heavy atom. The topological polar surface area (TPSA) is 51.7 Å². The maximum Gasteiger partial charge on any atom is 0.222 e. The maximum absolute atomic E-state index is 11.9. The fourth-order valence-corrected chi connectivity index (χ4v) is 4.49. The summed E-state index contributed by atoms with van der Waals surface area (Å²) < 4.78 is 12.5. The summed E-state index contributed by atoms with van der Waals surface area (Å²) >= 11 is 0. The van der Waals surface area contributed by atoms with E-state index in [1.165, 1.54) is 16.3 Å². The minimum Gasteiger partial charge on any atom is -0.462 e. The zero-order valence-corrected chi connectivity index (χ0v) is 17.5. The van der Waals surface area contributed by atoms with E-state index in [0.717, 1.165) is 22.6 Å². The van der Waals surface area contributed by atoms with E-state index in [1.807, 2.05) is 24.9 Å². The number of fused-ring (bicyclic) bond motifs is 2. The summed E-state index contributed by atoms with van der Waals surface area (Å²) in [4.78, 5) is 18.2. The van der Waals surface area contributed by atoms with Gasteiger partial charge in [0, 0.05) is 55.2 Å². The van der Waals surface area contributed by atoms with Crippen LogP contribution in [0.1, 0.15) is 37.4 Å². The number of aryl methyl sites for hydroxylation is 1. The highest BCUT2D eigenvalue weighted by molar-refractivity contribution is 5.88. The Morgan fingerprint density at radius 1 is 1.10 bits per heavy atom. The van der Waals surface area contributed by atoms with E-state index in [9.17, 15) is 4.79 Å². The van der Waals surface area contributed by atoms with Gasteiger partial charge in [-0.15, -0.1) is 0 Å². The summed E-state index contributed by atoms with van der Waals surface area (Å²) in [5.41, 5.74) is 4.43. The second-order valence-corrected chi connectivity index (χ2v) is 8.19. The van der Waals surface area contributed by atoms with Crippen molar-refractivity contribution < 1.29 is 14.3 Å². The molecule has 0 bridgehead atoms. The Bertz CT molecular complexity index is 1120. The number of piperidine rings is 1. The van der Waals surface area contributed by atoms with Gasteiger partial charge in [0.1, 0.15) is 5.75 Å². The van der Waals surface area contributed by atoms with Gasteiger partial charge >= 0.3 is 0 Å². The predicted octanol–water partition coefficient (Wildman–Crippen LogP) is 4.85. The summed E-state index contributed by atoms with van der Waals surface area (Å²) in [6.07, 6.45) is 3.82. The Morgan fingerprint density at radius 2 is 1.87 bits per heavy atom. The van der Waals surface area contributed by atoms with Gasteiger partial charge in [-0.3, -0.25) is 9.78 Å². The molecule has 30 heavy (non-hydrogen) atoms. The smallest absolute Gasteiger partial charge is 0.222 e. The number of aromatic nitrogens is 1. The third kappa shape index (κ3) is 3.33. The number of rotatable bonds is 2. The van der Waals surface area contributed by atoms with Gasteiger partial charge in [-0.25, -0.2) is 0 Å². The highest BCUT2D eigenvalue weighted by Gasteiger charge is 2.41. The Labute approximate surface area is 176 Å². The van der Waals surface area contributed by atoms with Crippen molar-refractivity contribution in [1.82, 2.24) is 9.88 Å². The molecule has 3 heterocycles. The molecule has 5 nitrogen and oxygen atoms in total. The lowest BCUT2D eigenvalue weighted by molar-refractivity contribution is -0.227. The first-order valence-corrected chi connectivity index (χ1v) is 10.7. The SMILES string of the molecule is CCC(=O)N1CCC2(CC1)OCc1cc(-c3ccc4c(C)nccc4c3)ccc1O2. The van der Waals surface area contributed by atoms with Gasteiger partial charge in [-0.1, -0.05) is 25.1 Å². The zero-order chi connectivity index (χ0) is 20.7. The molecule has 1 amide bonds. The lowest BCUT2D eigenvalue weighted by atomic mass is 9.97. The van der Waals surface area contributed by atoms with Crippen LogP contribution in [0.4, 0.5) is 0 Å². The van der Waals surface area contributed by atoms with Crippen LogP contribution in [0.25, 0.3) is 21.9 Å². The van der Waals surface area contributed by atoms with Crippen LogP contribution >= 0.6 is 0 Å². The molecule has 0 atom stereocenters. The van der Waals surface area contributed by atoms with E-state index < -0.39 is 5.79 Å². The Hall–Kier alpha value is -2.92. The summed E-state index contributed by atoms with van der Waals surface area (Å²) in [7, 11) is 0. The summed E-state index contributed by atoms with van der Waals surface area (Å²) in [6.45, 7) is 5.84. The van der Waals surface area contributed by atoms with Crippen LogP contribution in [-0.2, 0) is 16.1 Å². The molecular formula is C25H26N2O3. The normalized spacial score (nSPS) is 17.6. The van der Waals surface area contributed by atoms with Crippen molar-refractivity contribution in [2.45, 2.75) is 45.5 Å². The van der Waals surface area contributed by atoms with Gasteiger partial charge in [-0.2, -0.15) is 0 Å². The van der Waals surface area contributed by atoms with Gasteiger partial charge in [0.25, 0.3) is 0 Å². The molecule has 0 radical (unpaired) electrons. The van der Waals surface area contributed by atoms with E-state index in [4.69, 9.17) is 9.47 Å². The number of hydrogen-bond donors (Lipinski definition) is 0. The molecule has 3 aromatic rings. The van der Waals surface area contributed by atoms with Crippen LogP contribution in [-0.4, -0.2) is 34.7 Å². The molecule has 154 valence electrons. The molecular weight excluding hydrogens is 376 g/mol. The van der Waals surface area contributed by atoms with Crippen LogP contribution in [0.2, 0.25) is 0 Å². The van der Waals surface area contributed by atoms with Crippen molar-refractivity contribution in [2.24, 2.45) is 0 Å². The number of carbonyl (C=O) groups excluding carboxylic acids is 1. The minimum atomic E-state index is -0.605. The van der Waals surface area contributed by atoms with Crippen molar-refractivity contribution in [1.29, 1.82) is 0 Å². The minimum absolute atomic E-state index is 0.201. The molecule has 0 saturated carbocycles. The van der Waals surface area contributed by atoms with E-state index in [0.29, 0.717) is 39.0 Å². The average Bonchev–Trinajstić information content (AvgIpc) is 2.79. The van der Waals surface area contributed by atoms with Gasteiger partial charge in [0.2, 0.25) is 11.7 Å². The first-order chi connectivity index (χ1) is 14.6. The highest BCUT2D eigenvalue weighted by Crippen LogP contribution is 2.39. The molecule has 2 aromatic carbocycles. The van der Waals surface area contributed by atoms with Crippen LogP contribution < -0.4 is 4.74 Å². The van der Waals surface area contributed by atoms with E-state index >= 15 is 0 Å². The second kappa shape index (κ2) is 7.40. The molecule has 5 rings (SSSR count). The Balaban J connectivity index is 1.37. The van der Waals surface area contributed by atoms with Crippen molar-refractivity contribution in [3.63, 3.8) is 0 Å². The van der Waals surface area contributed by atoms with Crippen molar-refractivity contribution in [3.05, 3.63) is 59.9 Å². The zero-order valence-electron chi connectivity index (χ0n) is 17.5. The van der Waals surface area contributed by atoms with Crippen LogP contribution in [0.15, 0.2) is 48.7 Å². The number of pyridine rings is 1. The molecule has 1 spiro atoms. The third-order valence-electron chi connectivity index (χ3n) is 6.32. The van der Waals surface area contributed by atoms with E-state index in [-0.39, 0.29) is 5.91 Å². The monoisotopic (exact) mass is 402 g/mol. The quantitative estimate of drug-likeness (QED) is 0.615.